The summed E-state index contributed by atoms with van der Waals surface area (Å²) in [5.74, 6) is 0. The molecule has 0 aliphatic rings. The molecule has 3 N–H and O–H groups in total. The molecule has 0 radical (unpaired) electrons. The topological polar surface area (TPSA) is 154 Å². The van der Waals surface area contributed by atoms with Crippen molar-refractivity contribution in [1.82, 2.24) is 4.98 Å². The predicted octanol–water partition coefficient (Wildman–Crippen LogP) is -7.63. The molecule has 0 spiro atoms. The summed E-state index contributed by atoms with van der Waals surface area (Å²) in [5, 5.41) is 5.81. The molecule has 0 aromatic carbocycles. The molecule has 12 heteroatoms. The van der Waals surface area contributed by atoms with Gasteiger partial charge in [0.2, 0.25) is 0 Å². The average molecular weight is 327 g/mol. The zero-order valence-corrected chi connectivity index (χ0v) is 16.1. The number of pyridine rings is 1. The Bertz CT molecular complexity index is 465. The van der Waals surface area contributed by atoms with Crippen LogP contribution in [0.15, 0.2) is 24.5 Å². The van der Waals surface area contributed by atoms with Gasteiger partial charge in [-0.15, -0.1) is 0 Å². The van der Waals surface area contributed by atoms with Gasteiger partial charge in [0.1, 0.15) is 0 Å². The van der Waals surface area contributed by atoms with Gasteiger partial charge in [-0.25, -0.2) is 0 Å². The fourth-order valence-electron chi connectivity index (χ4n) is 1.14. The van der Waals surface area contributed by atoms with Crippen molar-refractivity contribution < 1.29 is 92.9 Å². The van der Waals surface area contributed by atoms with E-state index in [1.807, 2.05) is 0 Å². The van der Waals surface area contributed by atoms with Crippen molar-refractivity contribution in [3.8, 4) is 0 Å². The van der Waals surface area contributed by atoms with E-state index in [0.29, 0.717) is 0 Å². The van der Waals surface area contributed by atoms with Crippen LogP contribution < -0.4 is 68.9 Å². The Balaban J connectivity index is 0. The van der Waals surface area contributed by atoms with Crippen molar-refractivity contribution >= 4 is 15.2 Å². The Hall–Kier alpha value is 1.41. The van der Waals surface area contributed by atoms with E-state index >= 15 is 0 Å². The van der Waals surface area contributed by atoms with Crippen molar-refractivity contribution in [2.24, 2.45) is 0 Å². The van der Waals surface area contributed by atoms with Crippen LogP contribution >= 0.6 is 15.2 Å². The fourth-order valence-corrected chi connectivity index (χ4v) is 3.18. The molecule has 0 aliphatic carbocycles. The quantitative estimate of drug-likeness (QED) is 0.364. The van der Waals surface area contributed by atoms with Crippen molar-refractivity contribution in [3.63, 3.8) is 0 Å². The number of hydrogen-bond acceptors (Lipinski definition) is 6. The SMILES string of the molecule is O=P([O-])([O-])C(O)(Cc1cccnc1)P(=O)(O)O.[Na+].[Na+]. The van der Waals surface area contributed by atoms with Crippen LogP contribution in [-0.2, 0) is 15.6 Å². The minimum atomic E-state index is -5.91. The monoisotopic (exact) mass is 327 g/mol. The minimum Gasteiger partial charge on any atom is -0.808 e. The van der Waals surface area contributed by atoms with Gasteiger partial charge in [0, 0.05) is 18.8 Å². The molecule has 0 amide bonds. The van der Waals surface area contributed by atoms with Gasteiger partial charge in [-0.1, -0.05) is 6.07 Å². The van der Waals surface area contributed by atoms with Gasteiger partial charge in [-0.3, -0.25) is 9.55 Å². The first-order chi connectivity index (χ1) is 7.58. The zero-order valence-electron chi connectivity index (χ0n) is 10.3. The molecule has 8 nitrogen and oxygen atoms in total. The molecule has 1 unspecified atom stereocenters. The summed E-state index contributed by atoms with van der Waals surface area (Å²) in [4.78, 5) is 42.8. The third kappa shape index (κ3) is 5.60. The van der Waals surface area contributed by atoms with E-state index in [4.69, 9.17) is 9.79 Å². The molecule has 19 heavy (non-hydrogen) atoms. The molecule has 0 saturated carbocycles. The van der Waals surface area contributed by atoms with E-state index in [0.717, 1.165) is 6.20 Å². The second-order valence-electron chi connectivity index (χ2n) is 3.35. The van der Waals surface area contributed by atoms with Crippen molar-refractivity contribution in [2.75, 3.05) is 0 Å². The normalized spacial score (nSPS) is 14.8. The Morgan fingerprint density at radius 3 is 2.11 bits per heavy atom. The first-order valence-electron chi connectivity index (χ1n) is 4.27. The van der Waals surface area contributed by atoms with E-state index < -0.39 is 26.7 Å². The smallest absolute Gasteiger partial charge is 0.808 e. The van der Waals surface area contributed by atoms with Crippen LogP contribution in [0.2, 0.25) is 0 Å². The Kier molecular flexibility index (Phi) is 9.73. The van der Waals surface area contributed by atoms with Gasteiger partial charge in [0.05, 0.1) is 0 Å². The van der Waals surface area contributed by atoms with Crippen molar-refractivity contribution in [3.05, 3.63) is 30.1 Å². The molecular formula is C7H9NNa2O7P2. The summed E-state index contributed by atoms with van der Waals surface area (Å²) in [6, 6.07) is 2.65. The summed E-state index contributed by atoms with van der Waals surface area (Å²) in [7, 11) is -11.4. The standard InChI is InChI=1S/C7H11NO7P2.2Na/c9-7(16(10,11)12,17(13,14)15)4-6-2-1-3-8-5-6;;/h1-3,5,9H,4H2,(H2,10,11,12)(H2,13,14,15);;/q;2*+1/p-2. The fraction of sp³-hybridized carbons (Fsp3) is 0.286. The van der Waals surface area contributed by atoms with E-state index in [-0.39, 0.29) is 64.7 Å². The van der Waals surface area contributed by atoms with Gasteiger partial charge in [-0.2, -0.15) is 0 Å². The Morgan fingerprint density at radius 2 is 1.79 bits per heavy atom. The van der Waals surface area contributed by atoms with Gasteiger partial charge in [-0.05, 0) is 19.2 Å². The number of aliphatic hydroxyl groups is 1. The van der Waals surface area contributed by atoms with Crippen LogP contribution in [0, 0.1) is 0 Å². The summed E-state index contributed by atoms with van der Waals surface area (Å²) in [6.07, 6.45) is 1.42. The second kappa shape index (κ2) is 8.15. The molecule has 1 atom stereocenters. The average Bonchev–Trinajstić information content (AvgIpc) is 2.15. The van der Waals surface area contributed by atoms with Crippen LogP contribution in [0.4, 0.5) is 0 Å². The minimum absolute atomic E-state index is 0. The predicted molar refractivity (Wildman–Crippen MR) is 52.5 cm³/mol. The number of aromatic nitrogens is 1. The third-order valence-electron chi connectivity index (χ3n) is 2.07. The maximum absolute atomic E-state index is 11.0. The van der Waals surface area contributed by atoms with E-state index in [2.05, 4.69) is 4.98 Å². The van der Waals surface area contributed by atoms with Crippen LogP contribution in [0.25, 0.3) is 0 Å². The molecule has 0 bridgehead atoms. The maximum atomic E-state index is 11.0. The molecule has 0 aliphatic heterocycles. The number of nitrogens with zero attached hydrogens (tertiary/aromatic N) is 1. The van der Waals surface area contributed by atoms with Gasteiger partial charge in [0.25, 0.3) is 0 Å². The molecule has 1 aromatic heterocycles. The van der Waals surface area contributed by atoms with E-state index in [9.17, 15) is 24.0 Å². The molecule has 1 heterocycles. The van der Waals surface area contributed by atoms with Crippen LogP contribution in [-0.4, -0.2) is 25.0 Å². The first kappa shape index (κ1) is 22.7. The van der Waals surface area contributed by atoms with Gasteiger partial charge < -0.3 is 29.2 Å². The van der Waals surface area contributed by atoms with Crippen molar-refractivity contribution in [1.29, 1.82) is 0 Å². The van der Waals surface area contributed by atoms with Crippen LogP contribution in [0.5, 0.6) is 0 Å². The maximum Gasteiger partial charge on any atom is 1.00 e. The van der Waals surface area contributed by atoms with Gasteiger partial charge >= 0.3 is 66.7 Å². The van der Waals surface area contributed by atoms with Crippen molar-refractivity contribution in [2.45, 2.75) is 11.5 Å². The zero-order chi connectivity index (χ0) is 13.3. The number of rotatable bonds is 4. The first-order valence-corrected chi connectivity index (χ1v) is 7.42. The van der Waals surface area contributed by atoms with E-state index in [1.54, 1.807) is 0 Å². The third-order valence-corrected chi connectivity index (χ3v) is 5.71. The van der Waals surface area contributed by atoms with E-state index in [1.165, 1.54) is 18.3 Å². The summed E-state index contributed by atoms with van der Waals surface area (Å²) < 4.78 is 21.8. The number of hydrogen-bond donors (Lipinski definition) is 3. The summed E-state index contributed by atoms with van der Waals surface area (Å²) >= 11 is 0. The molecule has 0 fully saturated rings. The molecule has 1 rings (SSSR count). The molecule has 96 valence electrons. The van der Waals surface area contributed by atoms with Gasteiger partial charge in [0.15, 0.2) is 5.08 Å². The second-order valence-corrected chi connectivity index (χ2v) is 7.27. The molecule has 1 aromatic rings. The van der Waals surface area contributed by atoms with Crippen LogP contribution in [0.1, 0.15) is 5.56 Å². The molecule has 0 saturated heterocycles. The summed E-state index contributed by atoms with van der Waals surface area (Å²) in [5.41, 5.74) is 0.0188. The Morgan fingerprint density at radius 1 is 1.26 bits per heavy atom. The van der Waals surface area contributed by atoms with Crippen LogP contribution in [0.3, 0.4) is 0 Å². The summed E-state index contributed by atoms with van der Waals surface area (Å²) in [6.45, 7) is 0. The molecular weight excluding hydrogens is 318 g/mol. The largest absolute Gasteiger partial charge is 1.00 e. The Labute approximate surface area is 153 Å².